The number of anilines is 1. The number of esters is 1. The molecule has 7 nitrogen and oxygen atoms in total. The Kier molecular flexibility index (Phi) is 6.87. The van der Waals surface area contributed by atoms with Crippen molar-refractivity contribution in [2.75, 3.05) is 18.6 Å². The minimum Gasteiger partial charge on any atom is -0.467 e. The molecule has 0 N–H and O–H groups in total. The lowest BCUT2D eigenvalue weighted by molar-refractivity contribution is -0.142. The van der Waals surface area contributed by atoms with Gasteiger partial charge in [0, 0.05) is 18.5 Å². The van der Waals surface area contributed by atoms with E-state index in [1.54, 1.807) is 6.07 Å². The largest absolute Gasteiger partial charge is 0.467 e. The second kappa shape index (κ2) is 9.82. The summed E-state index contributed by atoms with van der Waals surface area (Å²) in [5.74, 6) is -0.499. The molecular weight excluding hydrogens is 564 g/mol. The van der Waals surface area contributed by atoms with E-state index in [1.807, 2.05) is 0 Å². The van der Waals surface area contributed by atoms with E-state index >= 15 is 0 Å². The van der Waals surface area contributed by atoms with Crippen LogP contribution in [0.15, 0.2) is 59.5 Å². The number of carbonyl (C=O) groups excluding carboxylic acids is 1. The van der Waals surface area contributed by atoms with Gasteiger partial charge in [0.25, 0.3) is 0 Å². The minimum absolute atomic E-state index is 0.0896. The number of hydrogen-bond acceptors (Lipinski definition) is 6. The monoisotopic (exact) mass is 587 g/mol. The summed E-state index contributed by atoms with van der Waals surface area (Å²) < 4.78 is 114. The van der Waals surface area contributed by atoms with Crippen LogP contribution in [0.4, 0.5) is 32.2 Å². The minimum atomic E-state index is -4.93. The van der Waals surface area contributed by atoms with Crippen LogP contribution in [0.25, 0.3) is 5.69 Å². The first-order valence-electron chi connectivity index (χ1n) is 12.2. The molecule has 1 saturated carbocycles. The number of rotatable bonds is 6. The Balaban J connectivity index is 1.57. The van der Waals surface area contributed by atoms with Gasteiger partial charge in [0.2, 0.25) is 0 Å². The van der Waals surface area contributed by atoms with Crippen molar-refractivity contribution in [2.45, 2.75) is 53.7 Å². The Hall–Kier alpha value is -3.55. The van der Waals surface area contributed by atoms with Gasteiger partial charge in [0.1, 0.15) is 11.9 Å². The molecule has 40 heavy (non-hydrogen) atoms. The van der Waals surface area contributed by atoms with Gasteiger partial charge < -0.3 is 9.64 Å². The van der Waals surface area contributed by atoms with E-state index in [2.05, 4.69) is 5.10 Å². The maximum atomic E-state index is 13.7. The van der Waals surface area contributed by atoms with Crippen molar-refractivity contribution in [1.29, 1.82) is 0 Å². The van der Waals surface area contributed by atoms with Crippen molar-refractivity contribution in [3.8, 4) is 5.69 Å². The van der Waals surface area contributed by atoms with Gasteiger partial charge in [-0.2, -0.15) is 31.4 Å². The molecule has 1 aliphatic heterocycles. The molecule has 0 radical (unpaired) electrons. The molecular formula is C26H23F6N3O4S. The number of hydrogen-bond donors (Lipinski definition) is 0. The van der Waals surface area contributed by atoms with E-state index in [1.165, 1.54) is 27.8 Å². The van der Waals surface area contributed by atoms with Crippen LogP contribution < -0.4 is 4.90 Å². The fourth-order valence-corrected chi connectivity index (χ4v) is 6.83. The summed E-state index contributed by atoms with van der Waals surface area (Å²) in [6.45, 7) is -0.370. The zero-order chi connectivity index (χ0) is 29.0. The van der Waals surface area contributed by atoms with Gasteiger partial charge >= 0.3 is 18.3 Å². The Morgan fingerprint density at radius 1 is 0.975 bits per heavy atom. The zero-order valence-electron chi connectivity index (χ0n) is 20.9. The average molecular weight is 588 g/mol. The van der Waals surface area contributed by atoms with E-state index in [9.17, 15) is 39.6 Å². The third kappa shape index (κ3) is 5.16. The van der Waals surface area contributed by atoms with Gasteiger partial charge in [-0.05, 0) is 55.7 Å². The number of benzene rings is 2. The molecule has 1 saturated heterocycles. The molecule has 2 atom stereocenters. The zero-order valence-corrected chi connectivity index (χ0v) is 21.7. The van der Waals surface area contributed by atoms with E-state index in [0.717, 1.165) is 44.2 Å². The molecule has 3 aromatic rings. The van der Waals surface area contributed by atoms with Crippen LogP contribution in [0, 0.1) is 0 Å². The predicted molar refractivity (Wildman–Crippen MR) is 131 cm³/mol. The Morgan fingerprint density at radius 2 is 1.62 bits per heavy atom. The third-order valence-corrected chi connectivity index (χ3v) is 9.30. The van der Waals surface area contributed by atoms with Crippen LogP contribution >= 0.6 is 0 Å². The van der Waals surface area contributed by atoms with Crippen molar-refractivity contribution >= 4 is 21.6 Å². The summed E-state index contributed by atoms with van der Waals surface area (Å²) in [7, 11) is -3.49. The molecule has 2 fully saturated rings. The first-order chi connectivity index (χ1) is 18.7. The van der Waals surface area contributed by atoms with E-state index < -0.39 is 55.5 Å². The first kappa shape index (κ1) is 28.0. The molecule has 1 aliphatic carbocycles. The summed E-state index contributed by atoms with van der Waals surface area (Å²) >= 11 is 0. The maximum Gasteiger partial charge on any atom is 0.417 e. The molecule has 0 amide bonds. The summed E-state index contributed by atoms with van der Waals surface area (Å²) in [5, 5.41) is 3.12. The highest BCUT2D eigenvalue weighted by atomic mass is 32.2. The molecule has 2 heterocycles. The first-order valence-corrected chi connectivity index (χ1v) is 13.8. The van der Waals surface area contributed by atoms with Gasteiger partial charge in [-0.25, -0.2) is 17.9 Å². The maximum absolute atomic E-state index is 13.7. The van der Waals surface area contributed by atoms with Gasteiger partial charge in [-0.15, -0.1) is 0 Å². The van der Waals surface area contributed by atoms with Gasteiger partial charge in [0.05, 0.1) is 39.8 Å². The van der Waals surface area contributed by atoms with Crippen molar-refractivity contribution in [3.63, 3.8) is 0 Å². The summed E-state index contributed by atoms with van der Waals surface area (Å²) in [4.78, 5) is 13.3. The van der Waals surface area contributed by atoms with Crippen molar-refractivity contribution in [2.24, 2.45) is 0 Å². The Bertz CT molecular complexity index is 1530. The molecule has 214 valence electrons. The van der Waals surface area contributed by atoms with Crippen LogP contribution in [0.5, 0.6) is 0 Å². The lowest BCUT2D eigenvalue weighted by Gasteiger charge is -2.25. The highest BCUT2D eigenvalue weighted by molar-refractivity contribution is 7.92. The highest BCUT2D eigenvalue weighted by Crippen LogP contribution is 2.43. The van der Waals surface area contributed by atoms with Gasteiger partial charge in [-0.3, -0.25) is 0 Å². The fourth-order valence-electron chi connectivity index (χ4n) is 4.92. The smallest absolute Gasteiger partial charge is 0.417 e. The quantitative estimate of drug-likeness (QED) is 0.285. The van der Waals surface area contributed by atoms with Crippen LogP contribution in [0.3, 0.4) is 0 Å². The number of aromatic nitrogens is 2. The van der Waals surface area contributed by atoms with E-state index in [-0.39, 0.29) is 30.4 Å². The van der Waals surface area contributed by atoms with Gasteiger partial charge in [0.15, 0.2) is 9.84 Å². The second-order valence-corrected chi connectivity index (χ2v) is 11.9. The number of alkyl halides is 6. The van der Waals surface area contributed by atoms with E-state index in [4.69, 9.17) is 4.74 Å². The van der Waals surface area contributed by atoms with Gasteiger partial charge in [-0.1, -0.05) is 12.1 Å². The summed E-state index contributed by atoms with van der Waals surface area (Å²) in [5.41, 5.74) is -1.36. The number of ether oxygens (including phenoxy) is 1. The van der Waals surface area contributed by atoms with Crippen LogP contribution in [-0.4, -0.2) is 49.1 Å². The molecule has 14 heteroatoms. The summed E-state index contributed by atoms with van der Waals surface area (Å²) in [6.07, 6.45) is -8.20. The lowest BCUT2D eigenvalue weighted by Crippen LogP contribution is -2.38. The normalized spacial score (nSPS) is 20.1. The van der Waals surface area contributed by atoms with Crippen LogP contribution in [-0.2, 0) is 31.7 Å². The van der Waals surface area contributed by atoms with Crippen molar-refractivity contribution < 1.29 is 44.3 Å². The van der Waals surface area contributed by atoms with Crippen molar-refractivity contribution in [1.82, 2.24) is 9.78 Å². The topological polar surface area (TPSA) is 81.5 Å². The highest BCUT2D eigenvalue weighted by Gasteiger charge is 2.48. The van der Waals surface area contributed by atoms with Crippen molar-refractivity contribution in [3.05, 3.63) is 71.4 Å². The molecule has 0 spiro atoms. The van der Waals surface area contributed by atoms with Crippen LogP contribution in [0.2, 0.25) is 0 Å². The predicted octanol–water partition coefficient (Wildman–Crippen LogP) is 5.38. The molecule has 2 unspecified atom stereocenters. The molecule has 0 bridgehead atoms. The Morgan fingerprint density at radius 3 is 2.20 bits per heavy atom. The number of sulfone groups is 1. The SMILES string of the molecule is COC(=O)C1CC(S(=O)(=O)c2ccccc2C(F)(F)F)CN1c1cc(C2CC2)nn1-c1ccc(C(F)(F)F)cc1. The number of halogens is 6. The number of methoxy groups -OCH3 is 1. The lowest BCUT2D eigenvalue weighted by atomic mass is 10.2. The molecule has 2 aliphatic rings. The average Bonchev–Trinajstić information content (AvgIpc) is 3.49. The van der Waals surface area contributed by atoms with E-state index in [0.29, 0.717) is 11.8 Å². The Labute approximate surface area is 225 Å². The molecule has 5 rings (SSSR count). The molecule has 2 aromatic carbocycles. The fraction of sp³-hybridized carbons (Fsp3) is 0.385. The van der Waals surface area contributed by atoms with Crippen LogP contribution in [0.1, 0.15) is 42.0 Å². The number of nitrogens with zero attached hydrogens (tertiary/aromatic N) is 3. The molecule has 1 aromatic heterocycles. The second-order valence-electron chi connectivity index (χ2n) is 9.75. The summed E-state index contributed by atoms with van der Waals surface area (Å²) in [6, 6.07) is 8.42. The number of carbonyl (C=O) groups is 1. The standard InChI is InChI=1S/C26H23F6N3O4S/c1-39-24(36)21-12-18(40(37,38)22-5-3-2-4-19(22)26(30,31)32)14-34(21)23-13-20(15-6-7-15)33-35(23)17-10-8-16(9-11-17)25(27,28)29/h2-5,8-11,13,15,18,21H,6-7,12,14H2,1H3. The third-order valence-electron chi connectivity index (χ3n) is 7.11.